The number of carboxylic acids is 1. The molecule has 0 aliphatic heterocycles. The first-order valence-corrected chi connectivity index (χ1v) is 9.28. The van der Waals surface area contributed by atoms with Gasteiger partial charge in [0.2, 0.25) is 5.91 Å². The third-order valence-electron chi connectivity index (χ3n) is 4.99. The molecule has 0 aliphatic rings. The van der Waals surface area contributed by atoms with E-state index in [0.29, 0.717) is 29.6 Å². The van der Waals surface area contributed by atoms with Crippen LogP contribution in [-0.4, -0.2) is 23.0 Å². The third kappa shape index (κ3) is 3.78. The largest absolute Gasteiger partial charge is 0.480 e. The molecule has 1 aromatic carbocycles. The summed E-state index contributed by atoms with van der Waals surface area (Å²) in [6.45, 7) is 5.63. The van der Waals surface area contributed by atoms with E-state index < -0.39 is 23.5 Å². The zero-order chi connectivity index (χ0) is 20.4. The zero-order valence-electron chi connectivity index (χ0n) is 16.1. The van der Waals surface area contributed by atoms with Crippen molar-refractivity contribution in [3.8, 4) is 0 Å². The van der Waals surface area contributed by atoms with Gasteiger partial charge in [-0.3, -0.25) is 4.79 Å². The summed E-state index contributed by atoms with van der Waals surface area (Å²) in [6, 6.07) is 2.58. The Morgan fingerprint density at radius 2 is 1.93 bits per heavy atom. The summed E-state index contributed by atoms with van der Waals surface area (Å²) in [5, 5.41) is 13.4. The van der Waals surface area contributed by atoms with Crippen molar-refractivity contribution in [1.82, 2.24) is 5.32 Å². The Balaban J connectivity index is 1.92. The summed E-state index contributed by atoms with van der Waals surface area (Å²) in [5.41, 5.74) is 2.23. The molecule has 3 aromatic rings. The molecule has 0 unspecified atom stereocenters. The number of carbonyl (C=O) groups excluding carboxylic acids is 1. The summed E-state index contributed by atoms with van der Waals surface area (Å²) < 4.78 is 10.8. The fourth-order valence-corrected chi connectivity index (χ4v) is 3.31. The van der Waals surface area contributed by atoms with Crippen LogP contribution >= 0.6 is 0 Å². The third-order valence-corrected chi connectivity index (χ3v) is 4.99. The fraction of sp³-hybridized carbons (Fsp3) is 0.381. The van der Waals surface area contributed by atoms with E-state index >= 15 is 0 Å². The van der Waals surface area contributed by atoms with Crippen molar-refractivity contribution in [3.05, 3.63) is 45.5 Å². The van der Waals surface area contributed by atoms with E-state index in [1.807, 2.05) is 19.9 Å². The lowest BCUT2D eigenvalue weighted by Crippen LogP contribution is -2.42. The lowest BCUT2D eigenvalue weighted by atomic mass is 10.0. The Morgan fingerprint density at radius 1 is 1.18 bits per heavy atom. The van der Waals surface area contributed by atoms with E-state index in [4.69, 9.17) is 8.83 Å². The minimum Gasteiger partial charge on any atom is -0.480 e. The van der Waals surface area contributed by atoms with Gasteiger partial charge in [0.25, 0.3) is 0 Å². The molecule has 0 fully saturated rings. The number of benzene rings is 1. The molecule has 28 heavy (non-hydrogen) atoms. The predicted octanol–water partition coefficient (Wildman–Crippen LogP) is 3.46. The van der Waals surface area contributed by atoms with Crippen LogP contribution in [0.5, 0.6) is 0 Å². The smallest absolute Gasteiger partial charge is 0.340 e. The molecule has 0 aliphatic carbocycles. The Hall–Kier alpha value is -3.09. The van der Waals surface area contributed by atoms with Gasteiger partial charge < -0.3 is 19.3 Å². The molecule has 1 atom stereocenters. The van der Waals surface area contributed by atoms with Crippen LogP contribution in [0.15, 0.2) is 32.0 Å². The first kappa shape index (κ1) is 19.7. The SMILES string of the molecule is CCCC[C@@H](NC(=O)Cc1c(C)c2cc3c(C)coc3cc2oc1=O)C(=O)O. The second kappa shape index (κ2) is 7.88. The average Bonchev–Trinajstić information content (AvgIpc) is 3.00. The molecule has 0 saturated heterocycles. The monoisotopic (exact) mass is 385 g/mol. The molecule has 2 aromatic heterocycles. The molecule has 7 heteroatoms. The van der Waals surface area contributed by atoms with E-state index in [9.17, 15) is 19.5 Å². The number of aliphatic carboxylic acids is 1. The lowest BCUT2D eigenvalue weighted by molar-refractivity contribution is -0.142. The maximum absolute atomic E-state index is 12.4. The molecule has 2 N–H and O–H groups in total. The number of carboxylic acid groups (broad SMARTS) is 1. The van der Waals surface area contributed by atoms with E-state index in [2.05, 4.69) is 5.32 Å². The molecule has 0 saturated carbocycles. The zero-order valence-corrected chi connectivity index (χ0v) is 16.1. The first-order chi connectivity index (χ1) is 13.3. The number of rotatable bonds is 7. The van der Waals surface area contributed by atoms with Gasteiger partial charge in [-0.15, -0.1) is 0 Å². The summed E-state index contributed by atoms with van der Waals surface area (Å²) in [6.07, 6.45) is 3.26. The summed E-state index contributed by atoms with van der Waals surface area (Å²) >= 11 is 0. The molecule has 2 heterocycles. The molecule has 3 rings (SSSR count). The number of hydrogen-bond acceptors (Lipinski definition) is 5. The number of fused-ring (bicyclic) bond motifs is 2. The van der Waals surface area contributed by atoms with Crippen LogP contribution in [0, 0.1) is 13.8 Å². The average molecular weight is 385 g/mol. The molecule has 0 bridgehead atoms. The van der Waals surface area contributed by atoms with Gasteiger partial charge in [0.15, 0.2) is 0 Å². The Kier molecular flexibility index (Phi) is 5.53. The summed E-state index contributed by atoms with van der Waals surface area (Å²) in [5.74, 6) is -1.60. The van der Waals surface area contributed by atoms with Crippen LogP contribution in [0.1, 0.15) is 42.9 Å². The van der Waals surface area contributed by atoms with Crippen molar-refractivity contribution >= 4 is 33.8 Å². The standard InChI is InChI=1S/C21H23NO6/c1-4-5-6-16(20(24)25)22-19(23)8-15-12(3)14-7-13-11(2)10-27-17(13)9-18(14)28-21(15)26/h7,9-10,16H,4-6,8H2,1-3H3,(H,22,23)(H,24,25)/t16-/m1/s1. The van der Waals surface area contributed by atoms with Gasteiger partial charge in [-0.1, -0.05) is 19.8 Å². The van der Waals surface area contributed by atoms with Crippen LogP contribution in [0.4, 0.5) is 0 Å². The number of furan rings is 1. The van der Waals surface area contributed by atoms with Crippen molar-refractivity contribution in [2.75, 3.05) is 0 Å². The highest BCUT2D eigenvalue weighted by molar-refractivity contribution is 5.96. The molecular formula is C21H23NO6. The molecular weight excluding hydrogens is 362 g/mol. The van der Waals surface area contributed by atoms with Gasteiger partial charge in [-0.2, -0.15) is 0 Å². The van der Waals surface area contributed by atoms with Crippen LogP contribution in [0.25, 0.3) is 21.9 Å². The van der Waals surface area contributed by atoms with Gasteiger partial charge >= 0.3 is 11.6 Å². The van der Waals surface area contributed by atoms with Gasteiger partial charge in [-0.25, -0.2) is 9.59 Å². The summed E-state index contributed by atoms with van der Waals surface area (Å²) in [7, 11) is 0. The Morgan fingerprint density at radius 3 is 2.61 bits per heavy atom. The van der Waals surface area contributed by atoms with Crippen molar-refractivity contribution < 1.29 is 23.5 Å². The maximum atomic E-state index is 12.4. The normalized spacial score (nSPS) is 12.4. The number of nitrogens with one attached hydrogen (secondary N) is 1. The van der Waals surface area contributed by atoms with Crippen LogP contribution < -0.4 is 10.9 Å². The lowest BCUT2D eigenvalue weighted by Gasteiger charge is -2.14. The highest BCUT2D eigenvalue weighted by Crippen LogP contribution is 2.28. The fourth-order valence-electron chi connectivity index (χ4n) is 3.31. The summed E-state index contributed by atoms with van der Waals surface area (Å²) in [4.78, 5) is 36.1. The number of carbonyl (C=O) groups is 2. The second-order valence-electron chi connectivity index (χ2n) is 7.03. The molecule has 7 nitrogen and oxygen atoms in total. The van der Waals surface area contributed by atoms with Crippen LogP contribution in [-0.2, 0) is 16.0 Å². The Labute approximate surface area is 161 Å². The van der Waals surface area contributed by atoms with E-state index in [0.717, 1.165) is 22.8 Å². The van der Waals surface area contributed by atoms with Crippen LogP contribution in [0.2, 0.25) is 0 Å². The Bertz CT molecular complexity index is 1110. The predicted molar refractivity (Wildman–Crippen MR) is 105 cm³/mol. The van der Waals surface area contributed by atoms with Crippen molar-refractivity contribution in [2.45, 2.75) is 52.5 Å². The molecule has 0 radical (unpaired) electrons. The van der Waals surface area contributed by atoms with Crippen molar-refractivity contribution in [1.29, 1.82) is 0 Å². The van der Waals surface area contributed by atoms with E-state index in [1.165, 1.54) is 0 Å². The number of unbranched alkanes of at least 4 members (excludes halogenated alkanes) is 1. The minimum atomic E-state index is -1.08. The quantitative estimate of drug-likeness (QED) is 0.603. The van der Waals surface area contributed by atoms with Gasteiger partial charge in [0, 0.05) is 16.8 Å². The molecule has 148 valence electrons. The topological polar surface area (TPSA) is 110 Å². The second-order valence-corrected chi connectivity index (χ2v) is 7.03. The number of amides is 1. The van der Waals surface area contributed by atoms with Gasteiger partial charge in [0.1, 0.15) is 17.2 Å². The van der Waals surface area contributed by atoms with E-state index in [1.54, 1.807) is 19.3 Å². The van der Waals surface area contributed by atoms with Crippen molar-refractivity contribution in [2.24, 2.45) is 0 Å². The number of aryl methyl sites for hydroxylation is 2. The molecule has 1 amide bonds. The highest BCUT2D eigenvalue weighted by atomic mass is 16.4. The van der Waals surface area contributed by atoms with Crippen molar-refractivity contribution in [3.63, 3.8) is 0 Å². The molecule has 0 spiro atoms. The van der Waals surface area contributed by atoms with Crippen LogP contribution in [0.3, 0.4) is 0 Å². The van der Waals surface area contributed by atoms with Gasteiger partial charge in [0.05, 0.1) is 18.2 Å². The first-order valence-electron chi connectivity index (χ1n) is 9.28. The minimum absolute atomic E-state index is 0.227. The van der Waals surface area contributed by atoms with E-state index in [-0.39, 0.29) is 12.0 Å². The number of hydrogen-bond donors (Lipinski definition) is 2. The highest BCUT2D eigenvalue weighted by Gasteiger charge is 2.22. The maximum Gasteiger partial charge on any atom is 0.340 e. The van der Waals surface area contributed by atoms with Gasteiger partial charge in [-0.05, 0) is 37.5 Å².